The summed E-state index contributed by atoms with van der Waals surface area (Å²) in [6.45, 7) is 1.87. The number of benzene rings is 2. The molecule has 132 valence electrons. The molecule has 0 aliphatic heterocycles. The second-order valence-electron chi connectivity index (χ2n) is 5.56. The van der Waals surface area contributed by atoms with E-state index in [-0.39, 0.29) is 18.9 Å². The summed E-state index contributed by atoms with van der Waals surface area (Å²) in [4.78, 5) is 23.2. The van der Waals surface area contributed by atoms with E-state index in [2.05, 4.69) is 12.2 Å². The number of rotatable bonds is 8. The number of carboxylic acids is 1. The van der Waals surface area contributed by atoms with Gasteiger partial charge in [-0.05, 0) is 41.8 Å². The monoisotopic (exact) mass is 361 g/mol. The first-order valence-electron chi connectivity index (χ1n) is 7.96. The van der Waals surface area contributed by atoms with E-state index in [4.69, 9.17) is 21.4 Å². The van der Waals surface area contributed by atoms with Crippen molar-refractivity contribution in [2.24, 2.45) is 0 Å². The maximum Gasteiger partial charge on any atom is 0.305 e. The van der Waals surface area contributed by atoms with Crippen LogP contribution < -0.4 is 10.1 Å². The molecule has 0 spiro atoms. The molecule has 25 heavy (non-hydrogen) atoms. The van der Waals surface area contributed by atoms with Crippen molar-refractivity contribution in [2.75, 3.05) is 6.61 Å². The van der Waals surface area contributed by atoms with Crippen molar-refractivity contribution >= 4 is 23.5 Å². The Kier molecular flexibility index (Phi) is 6.83. The Labute approximate surface area is 151 Å². The molecule has 6 heteroatoms. The molecule has 0 bridgehead atoms. The highest BCUT2D eigenvalue weighted by Crippen LogP contribution is 2.19. The molecule has 0 aliphatic carbocycles. The van der Waals surface area contributed by atoms with Crippen molar-refractivity contribution in [1.82, 2.24) is 5.32 Å². The van der Waals surface area contributed by atoms with Crippen molar-refractivity contribution in [2.45, 2.75) is 25.8 Å². The molecule has 0 saturated heterocycles. The van der Waals surface area contributed by atoms with Crippen LogP contribution in [-0.2, 0) is 16.0 Å². The topological polar surface area (TPSA) is 75.6 Å². The quantitative estimate of drug-likeness (QED) is 0.753. The number of carbonyl (C=O) groups excluding carboxylic acids is 1. The maximum absolute atomic E-state index is 12.1. The standard InChI is InChI=1S/C19H20ClNO4/c1-2-13-3-9-16(10-4-13)25-12-18(22)21-17(11-19(23)24)14-5-7-15(20)8-6-14/h3-10,17H,2,11-12H2,1H3,(H,21,22)(H,23,24)/t17-/m0/s1. The van der Waals surface area contributed by atoms with Crippen molar-refractivity contribution in [3.8, 4) is 5.75 Å². The highest BCUT2D eigenvalue weighted by atomic mass is 35.5. The fourth-order valence-electron chi connectivity index (χ4n) is 2.33. The van der Waals surface area contributed by atoms with E-state index in [1.807, 2.05) is 12.1 Å². The van der Waals surface area contributed by atoms with Gasteiger partial charge < -0.3 is 15.2 Å². The van der Waals surface area contributed by atoms with Crippen molar-refractivity contribution < 1.29 is 19.4 Å². The zero-order valence-electron chi connectivity index (χ0n) is 13.9. The van der Waals surface area contributed by atoms with Gasteiger partial charge in [0.1, 0.15) is 5.75 Å². The minimum atomic E-state index is -1.00. The Morgan fingerprint density at radius 2 is 1.76 bits per heavy atom. The average Bonchev–Trinajstić information content (AvgIpc) is 2.60. The Hall–Kier alpha value is -2.53. The number of aryl methyl sites for hydroxylation is 1. The largest absolute Gasteiger partial charge is 0.484 e. The SMILES string of the molecule is CCc1ccc(OCC(=O)N[C@@H](CC(=O)O)c2ccc(Cl)cc2)cc1. The molecule has 2 aromatic rings. The summed E-state index contributed by atoms with van der Waals surface area (Å²) >= 11 is 5.84. The molecule has 2 N–H and O–H groups in total. The molecule has 0 unspecified atom stereocenters. The van der Waals surface area contributed by atoms with E-state index in [0.29, 0.717) is 16.3 Å². The lowest BCUT2D eigenvalue weighted by Gasteiger charge is -2.18. The van der Waals surface area contributed by atoms with Gasteiger partial charge in [-0.25, -0.2) is 0 Å². The molecule has 0 aliphatic rings. The van der Waals surface area contributed by atoms with Crippen LogP contribution in [0.4, 0.5) is 0 Å². The third-order valence-corrected chi connectivity index (χ3v) is 3.94. The van der Waals surface area contributed by atoms with Crippen LogP contribution in [0.5, 0.6) is 5.75 Å². The van der Waals surface area contributed by atoms with Crippen molar-refractivity contribution in [3.63, 3.8) is 0 Å². The van der Waals surface area contributed by atoms with Crippen molar-refractivity contribution in [1.29, 1.82) is 0 Å². The first kappa shape index (κ1) is 18.8. The predicted molar refractivity (Wildman–Crippen MR) is 95.9 cm³/mol. The van der Waals surface area contributed by atoms with E-state index in [9.17, 15) is 9.59 Å². The van der Waals surface area contributed by atoms with Gasteiger partial charge in [0, 0.05) is 5.02 Å². The van der Waals surface area contributed by atoms with Crippen LogP contribution in [0, 0.1) is 0 Å². The van der Waals surface area contributed by atoms with Gasteiger partial charge in [0.05, 0.1) is 12.5 Å². The minimum absolute atomic E-state index is 0.185. The smallest absolute Gasteiger partial charge is 0.305 e. The van der Waals surface area contributed by atoms with E-state index in [1.165, 1.54) is 5.56 Å². The number of carboxylic acid groups (broad SMARTS) is 1. The van der Waals surface area contributed by atoms with Crippen LogP contribution in [-0.4, -0.2) is 23.6 Å². The van der Waals surface area contributed by atoms with E-state index < -0.39 is 12.0 Å². The fraction of sp³-hybridized carbons (Fsp3) is 0.263. The molecule has 1 atom stereocenters. The number of amides is 1. The van der Waals surface area contributed by atoms with Gasteiger partial charge in [-0.3, -0.25) is 9.59 Å². The Balaban J connectivity index is 1.96. The van der Waals surface area contributed by atoms with Gasteiger partial charge in [-0.1, -0.05) is 42.8 Å². The van der Waals surface area contributed by atoms with Crippen LogP contribution in [0.3, 0.4) is 0 Å². The average molecular weight is 362 g/mol. The fourth-order valence-corrected chi connectivity index (χ4v) is 2.45. The molecular formula is C19H20ClNO4. The number of halogens is 1. The van der Waals surface area contributed by atoms with Crippen LogP contribution in [0.1, 0.15) is 30.5 Å². The zero-order valence-corrected chi connectivity index (χ0v) is 14.6. The maximum atomic E-state index is 12.1. The second kappa shape index (κ2) is 9.08. The summed E-state index contributed by atoms with van der Waals surface area (Å²) in [5.41, 5.74) is 1.86. The Morgan fingerprint density at radius 3 is 2.32 bits per heavy atom. The summed E-state index contributed by atoms with van der Waals surface area (Å²) in [6, 6.07) is 13.5. The summed E-state index contributed by atoms with van der Waals surface area (Å²) in [5, 5.41) is 12.3. The van der Waals surface area contributed by atoms with E-state index >= 15 is 0 Å². The summed E-state index contributed by atoms with van der Waals surface area (Å²) < 4.78 is 5.45. The van der Waals surface area contributed by atoms with Gasteiger partial charge in [0.2, 0.25) is 0 Å². The second-order valence-corrected chi connectivity index (χ2v) is 5.99. The Bertz CT molecular complexity index is 713. The molecule has 0 heterocycles. The van der Waals surface area contributed by atoms with Gasteiger partial charge >= 0.3 is 5.97 Å². The third-order valence-electron chi connectivity index (χ3n) is 3.69. The molecule has 0 fully saturated rings. The molecule has 1 amide bonds. The molecule has 2 aromatic carbocycles. The predicted octanol–water partition coefficient (Wildman–Crippen LogP) is 3.61. The van der Waals surface area contributed by atoms with Crippen molar-refractivity contribution in [3.05, 3.63) is 64.7 Å². The normalized spacial score (nSPS) is 11.6. The first-order valence-corrected chi connectivity index (χ1v) is 8.34. The number of nitrogens with one attached hydrogen (secondary N) is 1. The van der Waals surface area contributed by atoms with Crippen LogP contribution in [0.25, 0.3) is 0 Å². The van der Waals surface area contributed by atoms with Crippen LogP contribution in [0.15, 0.2) is 48.5 Å². The summed E-state index contributed by atoms with van der Waals surface area (Å²) in [5.74, 6) is -0.800. The Morgan fingerprint density at radius 1 is 1.12 bits per heavy atom. The number of hydrogen-bond donors (Lipinski definition) is 2. The highest BCUT2D eigenvalue weighted by Gasteiger charge is 2.18. The lowest BCUT2D eigenvalue weighted by atomic mass is 10.0. The summed E-state index contributed by atoms with van der Waals surface area (Å²) in [6.07, 6.45) is 0.706. The molecular weight excluding hydrogens is 342 g/mol. The summed E-state index contributed by atoms with van der Waals surface area (Å²) in [7, 11) is 0. The lowest BCUT2D eigenvalue weighted by molar-refractivity contribution is -0.137. The molecule has 0 saturated carbocycles. The van der Waals surface area contributed by atoms with Gasteiger partial charge in [0.15, 0.2) is 6.61 Å². The molecule has 0 aromatic heterocycles. The highest BCUT2D eigenvalue weighted by molar-refractivity contribution is 6.30. The van der Waals surface area contributed by atoms with Gasteiger partial charge in [-0.2, -0.15) is 0 Å². The zero-order chi connectivity index (χ0) is 18.2. The van der Waals surface area contributed by atoms with E-state index in [0.717, 1.165) is 6.42 Å². The lowest BCUT2D eigenvalue weighted by Crippen LogP contribution is -2.33. The first-order chi connectivity index (χ1) is 12.0. The molecule has 0 radical (unpaired) electrons. The number of aliphatic carboxylic acids is 1. The number of ether oxygens (including phenoxy) is 1. The van der Waals surface area contributed by atoms with Crippen LogP contribution in [0.2, 0.25) is 5.02 Å². The third kappa shape index (κ3) is 6.12. The van der Waals surface area contributed by atoms with Gasteiger partial charge in [-0.15, -0.1) is 0 Å². The molecule has 2 rings (SSSR count). The number of hydrogen-bond acceptors (Lipinski definition) is 3. The number of carbonyl (C=O) groups is 2. The minimum Gasteiger partial charge on any atom is -0.484 e. The van der Waals surface area contributed by atoms with Crippen LogP contribution >= 0.6 is 11.6 Å². The van der Waals surface area contributed by atoms with E-state index in [1.54, 1.807) is 36.4 Å². The molecule has 5 nitrogen and oxygen atoms in total. The van der Waals surface area contributed by atoms with Gasteiger partial charge in [0.25, 0.3) is 5.91 Å².